The smallest absolute Gasteiger partial charge is 0.306 e. The van der Waals surface area contributed by atoms with Crippen molar-refractivity contribution in [1.82, 2.24) is 0 Å². The van der Waals surface area contributed by atoms with E-state index in [0.29, 0.717) is 19.3 Å². The Morgan fingerprint density at radius 3 is 0.984 bits per heavy atom. The standard InChI is InChI=1S/C56H92O6/c1-4-7-10-13-16-19-22-25-26-27-28-29-32-34-37-40-43-46-49-55(58)61-52-53(62-56(59)50-47-44-41-38-35-31-24-21-18-15-12-9-6-3)51-60-54(57)48-45-42-39-36-33-30-23-20-17-14-11-8-5-2/h8-9,11-12,14-15,17-18,20-21,23-24,30-31,33,35,53H,4-7,10,13,16,19,22,25-29,32,34,36-52H2,1-3H3/b11-8-,12-9-,17-14-,18-15-,23-20-,24-21-,33-30-,35-31-. The molecule has 0 bridgehead atoms. The van der Waals surface area contributed by atoms with Gasteiger partial charge in [0.2, 0.25) is 0 Å². The van der Waals surface area contributed by atoms with Crippen molar-refractivity contribution >= 4 is 17.9 Å². The summed E-state index contributed by atoms with van der Waals surface area (Å²) in [5, 5.41) is 0. The van der Waals surface area contributed by atoms with Gasteiger partial charge in [0.25, 0.3) is 0 Å². The van der Waals surface area contributed by atoms with E-state index in [-0.39, 0.29) is 37.5 Å². The van der Waals surface area contributed by atoms with E-state index >= 15 is 0 Å². The van der Waals surface area contributed by atoms with Crippen LogP contribution in [-0.4, -0.2) is 37.2 Å². The Bertz CT molecular complexity index is 1260. The summed E-state index contributed by atoms with van der Waals surface area (Å²) in [6.07, 6.45) is 65.4. The van der Waals surface area contributed by atoms with Crippen LogP contribution in [0.25, 0.3) is 0 Å². The highest BCUT2D eigenvalue weighted by molar-refractivity contribution is 5.71. The first kappa shape index (κ1) is 58.3. The van der Waals surface area contributed by atoms with E-state index in [2.05, 4.69) is 45.1 Å². The van der Waals surface area contributed by atoms with Crippen molar-refractivity contribution < 1.29 is 28.6 Å². The van der Waals surface area contributed by atoms with Crippen LogP contribution in [0.2, 0.25) is 0 Å². The summed E-state index contributed by atoms with van der Waals surface area (Å²) in [5.74, 6) is -0.989. The highest BCUT2D eigenvalue weighted by Crippen LogP contribution is 2.15. The Morgan fingerprint density at radius 2 is 0.629 bits per heavy atom. The van der Waals surface area contributed by atoms with Crippen LogP contribution < -0.4 is 0 Å². The summed E-state index contributed by atoms with van der Waals surface area (Å²) in [4.78, 5) is 37.9. The number of rotatable bonds is 44. The zero-order chi connectivity index (χ0) is 45.1. The van der Waals surface area contributed by atoms with Crippen LogP contribution in [0.1, 0.15) is 220 Å². The van der Waals surface area contributed by atoms with Crippen molar-refractivity contribution in [3.05, 3.63) is 97.2 Å². The zero-order valence-electron chi connectivity index (χ0n) is 40.1. The molecule has 0 aliphatic rings. The number of carbonyl (C=O) groups excluding carboxylic acids is 3. The van der Waals surface area contributed by atoms with Crippen LogP contribution in [0, 0.1) is 0 Å². The first-order valence-corrected chi connectivity index (χ1v) is 25.3. The van der Waals surface area contributed by atoms with Gasteiger partial charge in [0.1, 0.15) is 13.2 Å². The highest BCUT2D eigenvalue weighted by atomic mass is 16.6. The third kappa shape index (κ3) is 47.4. The summed E-state index contributed by atoms with van der Waals surface area (Å²) >= 11 is 0. The monoisotopic (exact) mass is 861 g/mol. The summed E-state index contributed by atoms with van der Waals surface area (Å²) in [5.41, 5.74) is 0. The van der Waals surface area contributed by atoms with E-state index < -0.39 is 6.10 Å². The predicted octanol–water partition coefficient (Wildman–Crippen LogP) is 16.6. The summed E-state index contributed by atoms with van der Waals surface area (Å²) < 4.78 is 16.7. The van der Waals surface area contributed by atoms with Crippen molar-refractivity contribution in [1.29, 1.82) is 0 Å². The fraction of sp³-hybridized carbons (Fsp3) is 0.661. The highest BCUT2D eigenvalue weighted by Gasteiger charge is 2.19. The summed E-state index contributed by atoms with van der Waals surface area (Å²) in [7, 11) is 0. The fourth-order valence-corrected chi connectivity index (χ4v) is 6.76. The van der Waals surface area contributed by atoms with E-state index in [0.717, 1.165) is 77.0 Å². The van der Waals surface area contributed by atoms with Crippen molar-refractivity contribution in [3.8, 4) is 0 Å². The van der Waals surface area contributed by atoms with Gasteiger partial charge in [-0.1, -0.05) is 240 Å². The summed E-state index contributed by atoms with van der Waals surface area (Å²) in [6, 6.07) is 0. The van der Waals surface area contributed by atoms with Gasteiger partial charge in [0.15, 0.2) is 6.10 Å². The molecule has 0 fully saturated rings. The Hall–Kier alpha value is -3.67. The average molecular weight is 861 g/mol. The fourth-order valence-electron chi connectivity index (χ4n) is 6.76. The third-order valence-electron chi connectivity index (χ3n) is 10.5. The third-order valence-corrected chi connectivity index (χ3v) is 10.5. The molecule has 352 valence electrons. The number of allylic oxidation sites excluding steroid dienone is 16. The van der Waals surface area contributed by atoms with Crippen molar-refractivity contribution in [3.63, 3.8) is 0 Å². The second-order valence-corrected chi connectivity index (χ2v) is 16.5. The van der Waals surface area contributed by atoms with Gasteiger partial charge in [-0.2, -0.15) is 0 Å². The van der Waals surface area contributed by atoms with E-state index in [4.69, 9.17) is 14.2 Å². The molecule has 0 saturated carbocycles. The SMILES string of the molecule is CC\C=C/C=C\C=C/C=C\CCCCCC(=O)OCC(COC(=O)CCCCCCCCCCCCCCCCCCCC)OC(=O)CCCCC\C=C/C=C\C=C/C=C\CC. The number of unbranched alkanes of at least 4 members (excludes halogenated alkanes) is 23. The average Bonchev–Trinajstić information content (AvgIpc) is 3.27. The molecule has 6 nitrogen and oxygen atoms in total. The minimum atomic E-state index is -0.812. The van der Waals surface area contributed by atoms with Gasteiger partial charge in [-0.05, 0) is 57.8 Å². The van der Waals surface area contributed by atoms with Crippen molar-refractivity contribution in [2.24, 2.45) is 0 Å². The van der Waals surface area contributed by atoms with Gasteiger partial charge < -0.3 is 14.2 Å². The summed E-state index contributed by atoms with van der Waals surface area (Å²) in [6.45, 7) is 6.28. The molecular formula is C56H92O6. The maximum absolute atomic E-state index is 12.8. The molecule has 0 aliphatic carbocycles. The number of hydrogen-bond donors (Lipinski definition) is 0. The largest absolute Gasteiger partial charge is 0.462 e. The number of esters is 3. The lowest BCUT2D eigenvalue weighted by Crippen LogP contribution is -2.30. The predicted molar refractivity (Wildman–Crippen MR) is 265 cm³/mol. The van der Waals surface area contributed by atoms with Crippen molar-refractivity contribution in [2.75, 3.05) is 13.2 Å². The number of hydrogen-bond acceptors (Lipinski definition) is 6. The molecule has 0 N–H and O–H groups in total. The van der Waals surface area contributed by atoms with E-state index in [1.54, 1.807) is 0 Å². The zero-order valence-corrected chi connectivity index (χ0v) is 40.1. The quantitative estimate of drug-likeness (QED) is 0.0263. The van der Waals surface area contributed by atoms with Crippen LogP contribution in [0.15, 0.2) is 97.2 Å². The van der Waals surface area contributed by atoms with Gasteiger partial charge in [0.05, 0.1) is 0 Å². The van der Waals surface area contributed by atoms with Crippen LogP contribution in [0.5, 0.6) is 0 Å². The van der Waals surface area contributed by atoms with Crippen LogP contribution >= 0.6 is 0 Å². The molecule has 0 heterocycles. The molecule has 0 saturated heterocycles. The number of ether oxygens (including phenoxy) is 3. The molecule has 0 aromatic rings. The molecule has 0 aromatic carbocycles. The molecule has 1 atom stereocenters. The minimum Gasteiger partial charge on any atom is -0.462 e. The lowest BCUT2D eigenvalue weighted by Gasteiger charge is -2.18. The normalized spacial score (nSPS) is 12.9. The van der Waals surface area contributed by atoms with Gasteiger partial charge >= 0.3 is 17.9 Å². The molecule has 6 heteroatoms. The topological polar surface area (TPSA) is 78.9 Å². The Morgan fingerprint density at radius 1 is 0.339 bits per heavy atom. The van der Waals surface area contributed by atoms with Gasteiger partial charge in [-0.3, -0.25) is 14.4 Å². The van der Waals surface area contributed by atoms with Gasteiger partial charge in [0, 0.05) is 19.3 Å². The molecular weight excluding hydrogens is 769 g/mol. The first-order valence-electron chi connectivity index (χ1n) is 25.3. The Balaban J connectivity index is 4.44. The lowest BCUT2D eigenvalue weighted by molar-refractivity contribution is -0.167. The molecule has 0 rings (SSSR count). The molecule has 0 aliphatic heterocycles. The van der Waals surface area contributed by atoms with Crippen LogP contribution in [0.4, 0.5) is 0 Å². The first-order chi connectivity index (χ1) is 30.5. The minimum absolute atomic E-state index is 0.106. The molecule has 0 radical (unpaired) electrons. The van der Waals surface area contributed by atoms with E-state index in [1.807, 2.05) is 72.9 Å². The van der Waals surface area contributed by atoms with Crippen molar-refractivity contribution in [2.45, 2.75) is 226 Å². The van der Waals surface area contributed by atoms with Gasteiger partial charge in [-0.25, -0.2) is 0 Å². The second-order valence-electron chi connectivity index (χ2n) is 16.5. The maximum Gasteiger partial charge on any atom is 0.306 e. The van der Waals surface area contributed by atoms with E-state index in [1.165, 1.54) is 96.3 Å². The second kappa shape index (κ2) is 50.0. The molecule has 62 heavy (non-hydrogen) atoms. The van der Waals surface area contributed by atoms with Gasteiger partial charge in [-0.15, -0.1) is 0 Å². The number of carbonyl (C=O) groups is 3. The van der Waals surface area contributed by atoms with E-state index in [9.17, 15) is 14.4 Å². The molecule has 0 aromatic heterocycles. The lowest BCUT2D eigenvalue weighted by atomic mass is 10.0. The molecule has 0 amide bonds. The van der Waals surface area contributed by atoms with Crippen LogP contribution in [0.3, 0.4) is 0 Å². The van der Waals surface area contributed by atoms with Crippen LogP contribution in [-0.2, 0) is 28.6 Å². The molecule has 0 spiro atoms. The Labute approximate surface area is 381 Å². The Kier molecular flexibility index (Phi) is 47.0. The maximum atomic E-state index is 12.8. The molecule has 1 unspecified atom stereocenters.